The van der Waals surface area contributed by atoms with Crippen LogP contribution in [0.25, 0.3) is 11.4 Å². The van der Waals surface area contributed by atoms with Crippen LogP contribution in [-0.2, 0) is 17.4 Å². The first kappa shape index (κ1) is 19.4. The van der Waals surface area contributed by atoms with Crippen molar-refractivity contribution in [2.24, 2.45) is 0 Å². The molecule has 1 aromatic heterocycles. The Morgan fingerprint density at radius 3 is 2.61 bits per heavy atom. The van der Waals surface area contributed by atoms with Crippen LogP contribution >= 0.6 is 0 Å². The summed E-state index contributed by atoms with van der Waals surface area (Å²) in [5.74, 6) is 0.864. The van der Waals surface area contributed by atoms with Gasteiger partial charge in [0.2, 0.25) is 17.6 Å². The lowest BCUT2D eigenvalue weighted by atomic mass is 10.2. The summed E-state index contributed by atoms with van der Waals surface area (Å²) in [7, 11) is 1.56. The molecule has 1 N–H and O–H groups in total. The second-order valence-corrected chi connectivity index (χ2v) is 5.87. The van der Waals surface area contributed by atoms with Gasteiger partial charge in [0.25, 0.3) is 0 Å². The molecular formula is C19H16F3N3O3. The van der Waals surface area contributed by atoms with E-state index in [9.17, 15) is 18.0 Å². The molecule has 0 saturated carbocycles. The molecule has 1 amide bonds. The van der Waals surface area contributed by atoms with Gasteiger partial charge in [0.05, 0.1) is 12.7 Å². The number of anilines is 1. The van der Waals surface area contributed by atoms with Crippen molar-refractivity contribution in [3.63, 3.8) is 0 Å². The summed E-state index contributed by atoms with van der Waals surface area (Å²) in [6.07, 6.45) is -4.32. The Hall–Kier alpha value is -3.36. The Labute approximate surface area is 158 Å². The van der Waals surface area contributed by atoms with Gasteiger partial charge >= 0.3 is 6.18 Å². The molecule has 9 heteroatoms. The fraction of sp³-hybridized carbons (Fsp3) is 0.211. The lowest BCUT2D eigenvalue weighted by Gasteiger charge is -2.09. The minimum absolute atomic E-state index is 0.0134. The number of aromatic nitrogens is 2. The number of nitrogens with zero attached hydrogens (tertiary/aromatic N) is 2. The molecule has 3 rings (SSSR count). The van der Waals surface area contributed by atoms with Crippen molar-refractivity contribution < 1.29 is 27.2 Å². The van der Waals surface area contributed by atoms with Crippen LogP contribution in [0.1, 0.15) is 17.9 Å². The van der Waals surface area contributed by atoms with Crippen molar-refractivity contribution >= 4 is 11.6 Å². The number of carbonyl (C=O) groups is 1. The lowest BCUT2D eigenvalue weighted by Crippen LogP contribution is -2.13. The van der Waals surface area contributed by atoms with Gasteiger partial charge in [-0.3, -0.25) is 4.79 Å². The van der Waals surface area contributed by atoms with Crippen molar-refractivity contribution in [2.75, 3.05) is 12.4 Å². The summed E-state index contributed by atoms with van der Waals surface area (Å²) in [5, 5.41) is 6.29. The predicted octanol–water partition coefficient (Wildman–Crippen LogP) is 4.34. The van der Waals surface area contributed by atoms with E-state index in [4.69, 9.17) is 9.26 Å². The Morgan fingerprint density at radius 1 is 1.18 bits per heavy atom. The third-order valence-corrected chi connectivity index (χ3v) is 3.86. The highest BCUT2D eigenvalue weighted by atomic mass is 19.4. The second kappa shape index (κ2) is 8.12. The van der Waals surface area contributed by atoms with Crippen LogP contribution in [0.5, 0.6) is 5.75 Å². The number of benzene rings is 2. The summed E-state index contributed by atoms with van der Waals surface area (Å²) in [4.78, 5) is 16.2. The molecule has 0 radical (unpaired) electrons. The van der Waals surface area contributed by atoms with Crippen LogP contribution in [0, 0.1) is 0 Å². The maximum Gasteiger partial charge on any atom is 0.416 e. The minimum Gasteiger partial charge on any atom is -0.497 e. The quantitative estimate of drug-likeness (QED) is 0.677. The van der Waals surface area contributed by atoms with Crippen LogP contribution < -0.4 is 10.1 Å². The third-order valence-electron chi connectivity index (χ3n) is 3.86. The molecule has 0 aliphatic heterocycles. The number of carbonyl (C=O) groups excluding carboxylic acids is 1. The van der Waals surface area contributed by atoms with Gasteiger partial charge in [-0.05, 0) is 42.5 Å². The zero-order valence-electron chi connectivity index (χ0n) is 14.8. The molecular weight excluding hydrogens is 375 g/mol. The van der Waals surface area contributed by atoms with Crippen molar-refractivity contribution in [3.05, 3.63) is 60.0 Å². The molecule has 0 unspecified atom stereocenters. The molecule has 6 nitrogen and oxygen atoms in total. The normalized spacial score (nSPS) is 11.3. The fourth-order valence-corrected chi connectivity index (χ4v) is 2.43. The van der Waals surface area contributed by atoms with Gasteiger partial charge in [-0.25, -0.2) is 0 Å². The van der Waals surface area contributed by atoms with Gasteiger partial charge in [-0.1, -0.05) is 11.2 Å². The average molecular weight is 391 g/mol. The molecule has 0 fully saturated rings. The number of alkyl halides is 3. The van der Waals surface area contributed by atoms with Crippen molar-refractivity contribution in [3.8, 4) is 17.1 Å². The highest BCUT2D eigenvalue weighted by molar-refractivity contribution is 5.90. The number of nitrogens with one attached hydrogen (secondary N) is 1. The Morgan fingerprint density at radius 2 is 1.93 bits per heavy atom. The van der Waals surface area contributed by atoms with Gasteiger partial charge in [-0.15, -0.1) is 0 Å². The first-order valence-corrected chi connectivity index (χ1v) is 8.29. The molecule has 2 aromatic carbocycles. The Kier molecular flexibility index (Phi) is 5.62. The van der Waals surface area contributed by atoms with Gasteiger partial charge in [0.15, 0.2) is 0 Å². The van der Waals surface area contributed by atoms with Gasteiger partial charge in [0, 0.05) is 24.1 Å². The SMILES string of the molecule is COc1ccc(-c2noc(CCC(=O)Nc3cccc(C(F)(F)F)c3)n2)cc1. The third kappa shape index (κ3) is 4.87. The first-order valence-electron chi connectivity index (χ1n) is 8.29. The molecule has 1 heterocycles. The topological polar surface area (TPSA) is 77.2 Å². The number of hydrogen-bond donors (Lipinski definition) is 1. The summed E-state index contributed by atoms with van der Waals surface area (Å²) < 4.78 is 48.3. The molecule has 0 bridgehead atoms. The Balaban J connectivity index is 1.57. The number of hydrogen-bond acceptors (Lipinski definition) is 5. The lowest BCUT2D eigenvalue weighted by molar-refractivity contribution is -0.137. The van der Waals surface area contributed by atoms with Crippen LogP contribution in [0.4, 0.5) is 18.9 Å². The second-order valence-electron chi connectivity index (χ2n) is 5.87. The van der Waals surface area contributed by atoms with Crippen LogP contribution in [-0.4, -0.2) is 23.2 Å². The standard InChI is InChI=1S/C19H16F3N3O3/c1-27-15-7-5-12(6-8-15)18-24-17(28-25-18)10-9-16(26)23-14-4-2-3-13(11-14)19(20,21)22/h2-8,11H,9-10H2,1H3,(H,23,26). The molecule has 3 aromatic rings. The van der Waals surface area contributed by atoms with E-state index in [-0.39, 0.29) is 24.4 Å². The fourth-order valence-electron chi connectivity index (χ4n) is 2.43. The number of halogens is 3. The highest BCUT2D eigenvalue weighted by Gasteiger charge is 2.30. The maximum atomic E-state index is 12.7. The van der Waals surface area contributed by atoms with Crippen LogP contribution in [0.3, 0.4) is 0 Å². The van der Waals surface area contributed by atoms with E-state index in [1.807, 2.05) is 0 Å². The minimum atomic E-state index is -4.47. The van der Waals surface area contributed by atoms with Crippen LogP contribution in [0.2, 0.25) is 0 Å². The molecule has 0 atom stereocenters. The van der Waals surface area contributed by atoms with E-state index in [2.05, 4.69) is 15.5 Å². The van der Waals surface area contributed by atoms with Crippen LogP contribution in [0.15, 0.2) is 53.1 Å². The first-order chi connectivity index (χ1) is 13.3. The van der Waals surface area contributed by atoms with Gasteiger partial charge in [-0.2, -0.15) is 18.2 Å². The van der Waals surface area contributed by atoms with E-state index in [0.717, 1.165) is 17.7 Å². The van der Waals surface area contributed by atoms with E-state index >= 15 is 0 Å². The summed E-state index contributed by atoms with van der Waals surface area (Å²) >= 11 is 0. The van der Waals surface area contributed by atoms with E-state index < -0.39 is 17.6 Å². The molecule has 0 aliphatic carbocycles. The highest BCUT2D eigenvalue weighted by Crippen LogP contribution is 2.30. The van der Waals surface area contributed by atoms with E-state index in [0.29, 0.717) is 11.6 Å². The molecule has 0 saturated heterocycles. The smallest absolute Gasteiger partial charge is 0.416 e. The van der Waals surface area contributed by atoms with Gasteiger partial charge < -0.3 is 14.6 Å². The molecule has 28 heavy (non-hydrogen) atoms. The number of methoxy groups -OCH3 is 1. The van der Waals surface area contributed by atoms with E-state index in [1.165, 1.54) is 12.1 Å². The average Bonchev–Trinajstić information content (AvgIpc) is 3.15. The molecule has 146 valence electrons. The number of aryl methyl sites for hydroxylation is 1. The Bertz CT molecular complexity index is 953. The summed E-state index contributed by atoms with van der Waals surface area (Å²) in [6.45, 7) is 0. The predicted molar refractivity (Wildman–Crippen MR) is 94.7 cm³/mol. The largest absolute Gasteiger partial charge is 0.497 e. The van der Waals surface area contributed by atoms with Crippen molar-refractivity contribution in [2.45, 2.75) is 19.0 Å². The summed E-state index contributed by atoms with van der Waals surface area (Å²) in [6, 6.07) is 11.5. The number of ether oxygens (including phenoxy) is 1. The monoisotopic (exact) mass is 391 g/mol. The number of rotatable bonds is 6. The number of amides is 1. The molecule has 0 spiro atoms. The zero-order chi connectivity index (χ0) is 20.1. The summed E-state index contributed by atoms with van der Waals surface area (Å²) in [5.41, 5.74) is -0.0279. The van der Waals surface area contributed by atoms with Crippen molar-refractivity contribution in [1.29, 1.82) is 0 Å². The maximum absolute atomic E-state index is 12.7. The zero-order valence-corrected chi connectivity index (χ0v) is 14.8. The van der Waals surface area contributed by atoms with Gasteiger partial charge in [0.1, 0.15) is 5.75 Å². The van der Waals surface area contributed by atoms with Crippen molar-refractivity contribution in [1.82, 2.24) is 10.1 Å². The molecule has 0 aliphatic rings. The van der Waals surface area contributed by atoms with E-state index in [1.54, 1.807) is 31.4 Å².